The molecule has 2 fully saturated rings. The molecule has 4 aromatic rings. The first kappa shape index (κ1) is 38.5. The smallest absolute Gasteiger partial charge is 0.240 e. The Labute approximate surface area is 319 Å². The zero-order valence-corrected chi connectivity index (χ0v) is 31.9. The molecule has 292 valence electrons. The molecule has 54 heavy (non-hydrogen) atoms. The summed E-state index contributed by atoms with van der Waals surface area (Å²) in [7, 11) is 0. The normalized spacial score (nSPS) is 23.0. The van der Waals surface area contributed by atoms with E-state index in [0.29, 0.717) is 38.6 Å². The van der Waals surface area contributed by atoms with Gasteiger partial charge in [0.2, 0.25) is 11.8 Å². The molecular weight excluding hydrogens is 677 g/mol. The van der Waals surface area contributed by atoms with Crippen molar-refractivity contribution >= 4 is 33.6 Å². The third kappa shape index (κ3) is 9.35. The van der Waals surface area contributed by atoms with Crippen molar-refractivity contribution < 1.29 is 9.59 Å². The van der Waals surface area contributed by atoms with Crippen LogP contribution in [0.2, 0.25) is 0 Å². The van der Waals surface area contributed by atoms with Crippen molar-refractivity contribution in [3.8, 4) is 0 Å². The van der Waals surface area contributed by atoms with Gasteiger partial charge in [0, 0.05) is 85.0 Å². The second-order valence-electron chi connectivity index (χ2n) is 15.8. The lowest BCUT2D eigenvalue weighted by Crippen LogP contribution is -2.53. The number of nitrogens with one attached hydrogen (secondary N) is 6. The van der Waals surface area contributed by atoms with Crippen molar-refractivity contribution in [2.75, 3.05) is 65.4 Å². The molecule has 12 heteroatoms. The number of nitrogens with two attached hydrogens (primary N) is 2. The number of hydrogen-bond acceptors (Lipinski definition) is 8. The lowest BCUT2D eigenvalue weighted by Gasteiger charge is -2.36. The first-order chi connectivity index (χ1) is 26.5. The van der Waals surface area contributed by atoms with Crippen molar-refractivity contribution in [2.45, 2.75) is 76.5 Å². The van der Waals surface area contributed by atoms with Gasteiger partial charge in [-0.3, -0.25) is 14.9 Å². The lowest BCUT2D eigenvalue weighted by atomic mass is 9.94. The average Bonchev–Trinajstić information content (AvgIpc) is 3.77. The van der Waals surface area contributed by atoms with E-state index in [4.69, 9.17) is 11.5 Å². The zero-order valence-electron chi connectivity index (χ0n) is 31.9. The molecule has 4 aliphatic rings. The van der Waals surface area contributed by atoms with Crippen LogP contribution < -0.4 is 32.7 Å². The number of hydrogen-bond donors (Lipinski definition) is 8. The van der Waals surface area contributed by atoms with Gasteiger partial charge in [0.15, 0.2) is 0 Å². The monoisotopic (exact) mass is 739 g/mol. The molecule has 2 aromatic carbocycles. The van der Waals surface area contributed by atoms with Crippen LogP contribution in [0.15, 0.2) is 48.5 Å². The van der Waals surface area contributed by atoms with E-state index in [1.165, 1.54) is 64.7 Å². The van der Waals surface area contributed by atoms with E-state index < -0.39 is 0 Å². The standard InChI is InChI=1S/C21H29N5O2.C21H33N5/c22-8-4-9-23-20(27)14-5-3-10-26(13-14)21(28)18-11-16-15-6-1-2-7-17(15)25-19(16)12-24-18;22-8-4-9-23-12-16-5-3-10-26(14-16)15-17-11-19-18-6-1-2-7-20(18)25-21(19)13-24-17/h1-2,6-7,14,18,24-25H,3-5,8-13,22H2,(H,23,27);1-2,6-7,16-17,23-25H,3-5,8-15,22H2. The van der Waals surface area contributed by atoms with E-state index in [1.807, 2.05) is 17.0 Å². The van der Waals surface area contributed by atoms with Gasteiger partial charge >= 0.3 is 0 Å². The minimum Gasteiger partial charge on any atom is -0.357 e. The molecule has 12 nitrogen and oxygen atoms in total. The van der Waals surface area contributed by atoms with Gasteiger partial charge in [0.05, 0.1) is 12.0 Å². The van der Waals surface area contributed by atoms with Gasteiger partial charge < -0.3 is 47.2 Å². The summed E-state index contributed by atoms with van der Waals surface area (Å²) in [6, 6.07) is 17.3. The second-order valence-corrected chi connectivity index (χ2v) is 15.8. The molecule has 6 heterocycles. The molecule has 0 spiro atoms. The molecule has 0 radical (unpaired) electrons. The van der Waals surface area contributed by atoms with E-state index in [0.717, 1.165) is 82.8 Å². The third-order valence-corrected chi connectivity index (χ3v) is 11.9. The number of amides is 2. The van der Waals surface area contributed by atoms with E-state index in [-0.39, 0.29) is 23.8 Å². The molecule has 10 N–H and O–H groups in total. The van der Waals surface area contributed by atoms with E-state index >= 15 is 0 Å². The summed E-state index contributed by atoms with van der Waals surface area (Å²) in [6.07, 6.45) is 8.06. The Morgan fingerprint density at radius 2 is 1.44 bits per heavy atom. The Hall–Kier alpha value is -3.78. The molecule has 4 atom stereocenters. The summed E-state index contributed by atoms with van der Waals surface area (Å²) >= 11 is 0. The van der Waals surface area contributed by atoms with E-state index in [1.54, 1.807) is 0 Å². The summed E-state index contributed by atoms with van der Waals surface area (Å²) in [4.78, 5) is 37.1. The Morgan fingerprint density at radius 3 is 2.19 bits per heavy atom. The predicted octanol–water partition coefficient (Wildman–Crippen LogP) is 2.72. The fraction of sp³-hybridized carbons (Fsp3) is 0.571. The maximum absolute atomic E-state index is 13.2. The summed E-state index contributed by atoms with van der Waals surface area (Å²) in [6.45, 7) is 10.7. The Bertz CT molecular complexity index is 1840. The van der Waals surface area contributed by atoms with Crippen molar-refractivity contribution in [3.63, 3.8) is 0 Å². The number of fused-ring (bicyclic) bond motifs is 6. The van der Waals surface area contributed by atoms with E-state index in [9.17, 15) is 9.59 Å². The Balaban J connectivity index is 0.000000167. The van der Waals surface area contributed by atoms with Crippen LogP contribution in [0.3, 0.4) is 0 Å². The maximum Gasteiger partial charge on any atom is 0.240 e. The van der Waals surface area contributed by atoms with Crippen LogP contribution in [0.25, 0.3) is 21.8 Å². The van der Waals surface area contributed by atoms with Crippen LogP contribution in [0, 0.1) is 11.8 Å². The minimum atomic E-state index is -0.231. The predicted molar refractivity (Wildman–Crippen MR) is 217 cm³/mol. The Morgan fingerprint density at radius 1 is 0.778 bits per heavy atom. The number of aromatic amines is 2. The number of aromatic nitrogens is 2. The van der Waals surface area contributed by atoms with Crippen LogP contribution in [0.5, 0.6) is 0 Å². The van der Waals surface area contributed by atoms with Gasteiger partial charge in [-0.15, -0.1) is 0 Å². The molecule has 2 saturated heterocycles. The highest BCUT2D eigenvalue weighted by Gasteiger charge is 2.34. The highest BCUT2D eigenvalue weighted by Crippen LogP contribution is 2.29. The summed E-state index contributed by atoms with van der Waals surface area (Å²) in [5.74, 6) is 0.813. The van der Waals surface area contributed by atoms with Crippen LogP contribution in [-0.4, -0.2) is 109 Å². The highest BCUT2D eigenvalue weighted by atomic mass is 16.2. The van der Waals surface area contributed by atoms with Crippen LogP contribution >= 0.6 is 0 Å². The average molecular weight is 739 g/mol. The topological polar surface area (TPSA) is 172 Å². The van der Waals surface area contributed by atoms with Crippen LogP contribution in [0.4, 0.5) is 0 Å². The quantitative estimate of drug-likeness (QED) is 0.103. The maximum atomic E-state index is 13.2. The number of para-hydroxylation sites is 2. The van der Waals surface area contributed by atoms with Crippen LogP contribution in [0.1, 0.15) is 61.0 Å². The summed E-state index contributed by atoms with van der Waals surface area (Å²) in [5.41, 5.74) is 18.8. The SMILES string of the molecule is NCCCNC(=O)C1CCCN(C(=O)C2Cc3c([nH]c4ccccc34)CN2)C1.NCCCNCC1CCCN(CC2Cc3c([nH]c4ccccc34)CN2)C1. The van der Waals surface area contributed by atoms with Crippen molar-refractivity contribution in [1.82, 2.24) is 41.0 Å². The highest BCUT2D eigenvalue weighted by molar-refractivity contribution is 5.89. The molecule has 0 saturated carbocycles. The van der Waals surface area contributed by atoms with Gasteiger partial charge in [0.25, 0.3) is 0 Å². The third-order valence-electron chi connectivity index (χ3n) is 11.9. The molecule has 4 unspecified atom stereocenters. The lowest BCUT2D eigenvalue weighted by molar-refractivity contribution is -0.137. The van der Waals surface area contributed by atoms with Crippen LogP contribution in [-0.2, 0) is 35.5 Å². The van der Waals surface area contributed by atoms with Gasteiger partial charge in [-0.1, -0.05) is 36.4 Å². The number of carbonyl (C=O) groups excluding carboxylic acids is 2. The molecule has 8 rings (SSSR count). The van der Waals surface area contributed by atoms with Gasteiger partial charge in [-0.25, -0.2) is 0 Å². The number of likely N-dealkylation sites (tertiary alicyclic amines) is 2. The molecule has 0 bridgehead atoms. The first-order valence-electron chi connectivity index (χ1n) is 20.5. The van der Waals surface area contributed by atoms with Gasteiger partial charge in [-0.05, 0) is 113 Å². The van der Waals surface area contributed by atoms with Crippen molar-refractivity contribution in [1.29, 1.82) is 0 Å². The van der Waals surface area contributed by atoms with Gasteiger partial charge in [-0.2, -0.15) is 0 Å². The van der Waals surface area contributed by atoms with Crippen molar-refractivity contribution in [3.05, 3.63) is 71.0 Å². The number of carbonyl (C=O) groups is 2. The molecular formula is C42H62N10O2. The summed E-state index contributed by atoms with van der Waals surface area (Å²) < 4.78 is 0. The Kier molecular flexibility index (Phi) is 13.3. The van der Waals surface area contributed by atoms with E-state index in [2.05, 4.69) is 72.5 Å². The molecule has 2 amide bonds. The number of nitrogens with zero attached hydrogens (tertiary/aromatic N) is 2. The van der Waals surface area contributed by atoms with Gasteiger partial charge in [0.1, 0.15) is 0 Å². The molecule has 4 aliphatic heterocycles. The number of rotatable bonds is 12. The number of benzene rings is 2. The number of piperidine rings is 2. The molecule has 2 aromatic heterocycles. The number of H-pyrrole nitrogens is 2. The fourth-order valence-corrected chi connectivity index (χ4v) is 9.05. The first-order valence-corrected chi connectivity index (χ1v) is 20.5. The molecule has 0 aliphatic carbocycles. The fourth-order valence-electron chi connectivity index (χ4n) is 9.05. The zero-order chi connectivity index (χ0) is 37.3. The summed E-state index contributed by atoms with van der Waals surface area (Å²) in [5, 5.41) is 16.3. The van der Waals surface area contributed by atoms with Crippen molar-refractivity contribution in [2.24, 2.45) is 23.3 Å². The minimum absolute atomic E-state index is 0.0430. The largest absolute Gasteiger partial charge is 0.357 e. The second kappa shape index (κ2) is 18.7.